The Labute approximate surface area is 161 Å². The molecule has 0 saturated carbocycles. The Bertz CT molecular complexity index is 844. The van der Waals surface area contributed by atoms with Crippen molar-refractivity contribution in [1.29, 1.82) is 0 Å². The molecule has 0 heterocycles. The number of nitrogens with two attached hydrogens (primary N) is 1. The van der Waals surface area contributed by atoms with E-state index in [-0.39, 0.29) is 18.5 Å². The Kier molecular flexibility index (Phi) is 6.16. The number of hydrogen-bond donors (Lipinski definition) is 3. The minimum Gasteiger partial charge on any atom is -0.469 e. The van der Waals surface area contributed by atoms with Gasteiger partial charge in [0.25, 0.3) is 0 Å². The number of rotatable bonds is 6. The highest BCUT2D eigenvalue weighted by Crippen LogP contribution is 2.45. The van der Waals surface area contributed by atoms with Gasteiger partial charge in [-0.05, 0) is 61.6 Å². The second-order valence-electron chi connectivity index (χ2n) is 7.48. The zero-order valence-corrected chi connectivity index (χ0v) is 17.0. The van der Waals surface area contributed by atoms with Crippen molar-refractivity contribution >= 4 is 17.3 Å². The maximum absolute atomic E-state index is 12.6. The number of nitrogen functional groups attached to an aromatic ring is 1. The number of carbonyl (C=O) groups excluding carboxylic acids is 1. The van der Waals surface area contributed by atoms with Crippen molar-refractivity contribution < 1.29 is 14.6 Å². The Morgan fingerprint density at radius 2 is 1.93 bits per heavy atom. The third-order valence-corrected chi connectivity index (χ3v) is 5.45. The molecule has 0 aliphatic carbocycles. The molecule has 4 N–H and O–H groups in total. The molecule has 146 valence electrons. The van der Waals surface area contributed by atoms with Crippen molar-refractivity contribution in [2.45, 2.75) is 40.2 Å². The van der Waals surface area contributed by atoms with E-state index in [2.05, 4.69) is 5.32 Å². The summed E-state index contributed by atoms with van der Waals surface area (Å²) in [5.41, 5.74) is 11.7. The second kappa shape index (κ2) is 8.01. The molecule has 2 rings (SSSR count). The first-order valence-corrected chi connectivity index (χ1v) is 9.04. The number of anilines is 2. The van der Waals surface area contributed by atoms with Crippen molar-refractivity contribution in [3.8, 4) is 0 Å². The second-order valence-corrected chi connectivity index (χ2v) is 7.48. The fourth-order valence-corrected chi connectivity index (χ4v) is 3.68. The molecule has 0 unspecified atom stereocenters. The number of benzene rings is 2. The summed E-state index contributed by atoms with van der Waals surface area (Å²) < 4.78 is 5.10. The fraction of sp³-hybridized carbons (Fsp3) is 0.409. The van der Waals surface area contributed by atoms with Crippen LogP contribution in [0.15, 0.2) is 30.3 Å². The monoisotopic (exact) mass is 370 g/mol. The zero-order chi connectivity index (χ0) is 20.4. The van der Waals surface area contributed by atoms with E-state index in [1.54, 1.807) is 0 Å². The Hall–Kier alpha value is -2.53. The van der Waals surface area contributed by atoms with Crippen LogP contribution in [0.25, 0.3) is 0 Å². The van der Waals surface area contributed by atoms with Crippen molar-refractivity contribution in [2.75, 3.05) is 25.2 Å². The van der Waals surface area contributed by atoms with Gasteiger partial charge in [0.05, 0.1) is 30.5 Å². The number of nitrogens with one attached hydrogen (secondary N) is 1. The van der Waals surface area contributed by atoms with E-state index >= 15 is 0 Å². The van der Waals surface area contributed by atoms with Crippen molar-refractivity contribution in [3.05, 3.63) is 58.1 Å². The topological polar surface area (TPSA) is 84.6 Å². The lowest BCUT2D eigenvalue weighted by Gasteiger charge is -2.34. The van der Waals surface area contributed by atoms with Crippen LogP contribution in [0.3, 0.4) is 0 Å². The van der Waals surface area contributed by atoms with Crippen LogP contribution in [0.2, 0.25) is 0 Å². The van der Waals surface area contributed by atoms with Crippen molar-refractivity contribution in [2.24, 2.45) is 5.41 Å². The number of aryl methyl sites for hydroxylation is 1. The molecule has 5 nitrogen and oxygen atoms in total. The first kappa shape index (κ1) is 20.8. The van der Waals surface area contributed by atoms with Crippen LogP contribution >= 0.6 is 0 Å². The van der Waals surface area contributed by atoms with E-state index in [9.17, 15) is 9.90 Å². The van der Waals surface area contributed by atoms with Gasteiger partial charge >= 0.3 is 5.97 Å². The quantitative estimate of drug-likeness (QED) is 0.533. The summed E-state index contributed by atoms with van der Waals surface area (Å²) in [7, 11) is 3.23. The summed E-state index contributed by atoms with van der Waals surface area (Å²) in [6, 6.07) is 9.88. The van der Waals surface area contributed by atoms with E-state index in [1.807, 2.05) is 65.1 Å². The molecule has 0 aromatic heterocycles. The number of hydrogen-bond acceptors (Lipinski definition) is 5. The molecule has 0 spiro atoms. The molecule has 2 aromatic rings. The lowest BCUT2D eigenvalue weighted by molar-refractivity contribution is -0.151. The van der Waals surface area contributed by atoms with Gasteiger partial charge in [-0.3, -0.25) is 4.79 Å². The molecule has 0 bridgehead atoms. The van der Waals surface area contributed by atoms with Gasteiger partial charge in [0.2, 0.25) is 0 Å². The maximum atomic E-state index is 12.6. The fourth-order valence-electron chi connectivity index (χ4n) is 3.68. The average Bonchev–Trinajstić information content (AvgIpc) is 2.65. The zero-order valence-electron chi connectivity index (χ0n) is 17.0. The smallest absolute Gasteiger partial charge is 0.312 e. The van der Waals surface area contributed by atoms with Gasteiger partial charge in [0, 0.05) is 13.0 Å². The molecule has 0 amide bonds. The Balaban J connectivity index is 2.76. The molecule has 27 heavy (non-hydrogen) atoms. The van der Waals surface area contributed by atoms with E-state index in [0.717, 1.165) is 33.5 Å². The molecule has 0 saturated heterocycles. The molecule has 1 atom stereocenters. The van der Waals surface area contributed by atoms with Crippen LogP contribution in [0.1, 0.15) is 47.6 Å². The SMILES string of the molecule is CNc1ccc([C@H](c2ccc(C)c(CO)c2)C(C)(C)C(=O)OC)c(C)c1N. The van der Waals surface area contributed by atoms with Crippen LogP contribution in [0.4, 0.5) is 11.4 Å². The lowest BCUT2D eigenvalue weighted by Crippen LogP contribution is -2.34. The number of esters is 1. The van der Waals surface area contributed by atoms with E-state index in [1.165, 1.54) is 7.11 Å². The molecular weight excluding hydrogens is 340 g/mol. The van der Waals surface area contributed by atoms with Crippen LogP contribution in [-0.2, 0) is 16.1 Å². The standard InChI is InChI=1S/C22H30N2O3/c1-13-7-8-15(11-16(13)12-25)19(22(3,4)21(26)27-6)17-9-10-18(24-5)20(23)14(17)2/h7-11,19,24-25H,12,23H2,1-6H3/t19-/m0/s1. The third kappa shape index (κ3) is 3.78. The first-order valence-electron chi connectivity index (χ1n) is 9.04. The molecule has 0 aliphatic heterocycles. The van der Waals surface area contributed by atoms with Gasteiger partial charge < -0.3 is 20.9 Å². The maximum Gasteiger partial charge on any atom is 0.312 e. The molecular formula is C22H30N2O3. The third-order valence-electron chi connectivity index (χ3n) is 5.45. The van der Waals surface area contributed by atoms with Gasteiger partial charge in [0.1, 0.15) is 0 Å². The van der Waals surface area contributed by atoms with Gasteiger partial charge in [-0.1, -0.05) is 24.3 Å². The minimum atomic E-state index is -0.824. The average molecular weight is 370 g/mol. The molecule has 2 aromatic carbocycles. The van der Waals surface area contributed by atoms with E-state index in [0.29, 0.717) is 5.69 Å². The minimum absolute atomic E-state index is 0.0507. The normalized spacial score (nSPS) is 12.6. The largest absolute Gasteiger partial charge is 0.469 e. The first-order chi connectivity index (χ1) is 12.7. The van der Waals surface area contributed by atoms with Crippen molar-refractivity contribution in [1.82, 2.24) is 0 Å². The number of aliphatic hydroxyl groups is 1. The van der Waals surface area contributed by atoms with Gasteiger partial charge in [0.15, 0.2) is 0 Å². The summed E-state index contributed by atoms with van der Waals surface area (Å²) in [6.45, 7) is 7.63. The highest BCUT2D eigenvalue weighted by molar-refractivity contribution is 5.79. The summed E-state index contributed by atoms with van der Waals surface area (Å²) >= 11 is 0. The van der Waals surface area contributed by atoms with Gasteiger partial charge in [-0.2, -0.15) is 0 Å². The lowest BCUT2D eigenvalue weighted by atomic mass is 9.69. The van der Waals surface area contributed by atoms with E-state index in [4.69, 9.17) is 10.5 Å². The number of ether oxygens (including phenoxy) is 1. The predicted molar refractivity (Wildman–Crippen MR) is 110 cm³/mol. The molecule has 0 fully saturated rings. The molecule has 0 radical (unpaired) electrons. The Morgan fingerprint density at radius 1 is 1.26 bits per heavy atom. The predicted octanol–water partition coefficient (Wildman–Crippen LogP) is 3.75. The van der Waals surface area contributed by atoms with Crippen LogP contribution in [0, 0.1) is 19.3 Å². The molecule has 0 aliphatic rings. The summed E-state index contributed by atoms with van der Waals surface area (Å²) in [6.07, 6.45) is 0. The highest BCUT2D eigenvalue weighted by atomic mass is 16.5. The highest BCUT2D eigenvalue weighted by Gasteiger charge is 2.41. The summed E-state index contributed by atoms with van der Waals surface area (Å²) in [5, 5.41) is 12.8. The van der Waals surface area contributed by atoms with Crippen LogP contribution in [0.5, 0.6) is 0 Å². The van der Waals surface area contributed by atoms with Gasteiger partial charge in [-0.15, -0.1) is 0 Å². The van der Waals surface area contributed by atoms with Crippen molar-refractivity contribution in [3.63, 3.8) is 0 Å². The van der Waals surface area contributed by atoms with Crippen LogP contribution in [-0.4, -0.2) is 25.2 Å². The number of methoxy groups -OCH3 is 1. The number of carbonyl (C=O) groups is 1. The number of aliphatic hydroxyl groups excluding tert-OH is 1. The van der Waals surface area contributed by atoms with E-state index < -0.39 is 5.41 Å². The Morgan fingerprint density at radius 3 is 2.48 bits per heavy atom. The summed E-state index contributed by atoms with van der Waals surface area (Å²) in [5.74, 6) is -0.571. The van der Waals surface area contributed by atoms with Crippen LogP contribution < -0.4 is 11.1 Å². The molecule has 5 heteroatoms. The van der Waals surface area contributed by atoms with Gasteiger partial charge in [-0.25, -0.2) is 0 Å². The summed E-state index contributed by atoms with van der Waals surface area (Å²) in [4.78, 5) is 12.6.